The summed E-state index contributed by atoms with van der Waals surface area (Å²) in [6.07, 6.45) is -1.05. The van der Waals surface area contributed by atoms with Crippen LogP contribution in [-0.4, -0.2) is 39.4 Å². The van der Waals surface area contributed by atoms with E-state index in [1.807, 2.05) is 0 Å². The minimum absolute atomic E-state index is 0.104. The van der Waals surface area contributed by atoms with Crippen molar-refractivity contribution in [2.24, 2.45) is 0 Å². The summed E-state index contributed by atoms with van der Waals surface area (Å²) in [5.41, 5.74) is 2.74. The van der Waals surface area contributed by atoms with Gasteiger partial charge in [0.25, 0.3) is 5.91 Å². The zero-order chi connectivity index (χ0) is 25.5. The Hall–Kier alpha value is -4.01. The molecule has 36 heavy (non-hydrogen) atoms. The van der Waals surface area contributed by atoms with Gasteiger partial charge in [-0.15, -0.1) is 0 Å². The number of nitrogens with zero attached hydrogens (tertiary/aromatic N) is 2. The van der Waals surface area contributed by atoms with E-state index in [9.17, 15) is 15.0 Å². The van der Waals surface area contributed by atoms with Gasteiger partial charge in [0.1, 0.15) is 18.1 Å². The van der Waals surface area contributed by atoms with Crippen molar-refractivity contribution in [3.8, 4) is 17.6 Å². The number of benzene rings is 3. The molecule has 9 nitrogen and oxygen atoms in total. The molecular formula is C26H23N3O6S. The molecule has 0 aliphatic carbocycles. The Morgan fingerprint density at radius 1 is 1.00 bits per heavy atom. The van der Waals surface area contributed by atoms with E-state index < -0.39 is 12.0 Å². The normalized spacial score (nSPS) is 11.6. The highest BCUT2D eigenvalue weighted by molar-refractivity contribution is 7.22. The second-order valence-electron chi connectivity index (χ2n) is 7.69. The van der Waals surface area contributed by atoms with Crippen molar-refractivity contribution >= 4 is 32.6 Å². The summed E-state index contributed by atoms with van der Waals surface area (Å²) in [5.74, 6) is 0.499. The first kappa shape index (κ1) is 25.1. The Morgan fingerprint density at radius 3 is 2.31 bits per heavy atom. The van der Waals surface area contributed by atoms with Crippen LogP contribution < -0.4 is 14.8 Å². The van der Waals surface area contributed by atoms with Crippen molar-refractivity contribution < 1.29 is 29.6 Å². The van der Waals surface area contributed by atoms with Gasteiger partial charge in [-0.25, -0.2) is 4.98 Å². The van der Waals surface area contributed by atoms with E-state index in [-0.39, 0.29) is 26.4 Å². The van der Waals surface area contributed by atoms with Gasteiger partial charge in [0.05, 0.1) is 41.7 Å². The van der Waals surface area contributed by atoms with Crippen LogP contribution in [0.4, 0.5) is 5.13 Å². The number of rotatable bonds is 10. The standard InChI is InChI=1S/C26H23N3O6S/c27-13-16-1-3-17(4-2-16)24(35-21-7-5-20(6-8-21)34-10-9-30)25(33)29-26-28-22-11-18(14-31)19(15-32)12-23(22)36-26/h1-8,11-12,24,30-32H,9-10,14-15H2,(H,28,29,33). The zero-order valence-corrected chi connectivity index (χ0v) is 19.9. The van der Waals surface area contributed by atoms with E-state index in [2.05, 4.69) is 16.4 Å². The molecule has 4 aromatic rings. The Kier molecular flexibility index (Phi) is 8.10. The highest BCUT2D eigenvalue weighted by Crippen LogP contribution is 2.31. The molecule has 10 heteroatoms. The lowest BCUT2D eigenvalue weighted by Crippen LogP contribution is -2.25. The smallest absolute Gasteiger partial charge is 0.271 e. The van der Waals surface area contributed by atoms with Gasteiger partial charge < -0.3 is 24.8 Å². The van der Waals surface area contributed by atoms with Crippen molar-refractivity contribution in [2.75, 3.05) is 18.5 Å². The number of nitriles is 1. The topological polar surface area (TPSA) is 145 Å². The van der Waals surface area contributed by atoms with Crippen LogP contribution in [0.1, 0.15) is 28.4 Å². The maximum absolute atomic E-state index is 13.3. The van der Waals surface area contributed by atoms with Gasteiger partial charge in [-0.2, -0.15) is 5.26 Å². The highest BCUT2D eigenvalue weighted by atomic mass is 32.1. The molecular weight excluding hydrogens is 482 g/mol. The van der Waals surface area contributed by atoms with E-state index in [1.165, 1.54) is 11.3 Å². The van der Waals surface area contributed by atoms with E-state index in [1.54, 1.807) is 60.7 Å². The third-order valence-corrected chi connectivity index (χ3v) is 6.23. The molecule has 3 aromatic carbocycles. The van der Waals surface area contributed by atoms with Crippen LogP contribution >= 0.6 is 11.3 Å². The number of carbonyl (C=O) groups is 1. The number of nitrogens with one attached hydrogen (secondary N) is 1. The van der Waals surface area contributed by atoms with Crippen LogP contribution in [0.25, 0.3) is 10.2 Å². The molecule has 0 fully saturated rings. The molecule has 0 spiro atoms. The van der Waals surface area contributed by atoms with Crippen molar-refractivity contribution in [1.82, 2.24) is 4.98 Å². The zero-order valence-electron chi connectivity index (χ0n) is 19.0. The molecule has 4 N–H and O–H groups in total. The SMILES string of the molecule is N#Cc1ccc(C(Oc2ccc(OCCO)cc2)C(=O)Nc2nc3cc(CO)c(CO)cc3s2)cc1. The van der Waals surface area contributed by atoms with Gasteiger partial charge in [-0.05, 0) is 59.7 Å². The summed E-state index contributed by atoms with van der Waals surface area (Å²) in [6, 6.07) is 18.6. The highest BCUT2D eigenvalue weighted by Gasteiger charge is 2.24. The van der Waals surface area contributed by atoms with Gasteiger partial charge >= 0.3 is 0 Å². The van der Waals surface area contributed by atoms with Gasteiger partial charge in [0.2, 0.25) is 6.10 Å². The number of ether oxygens (including phenoxy) is 2. The second-order valence-corrected chi connectivity index (χ2v) is 8.72. The molecule has 184 valence electrons. The van der Waals surface area contributed by atoms with Gasteiger partial charge in [-0.1, -0.05) is 23.5 Å². The average molecular weight is 506 g/mol. The lowest BCUT2D eigenvalue weighted by atomic mass is 10.1. The van der Waals surface area contributed by atoms with E-state index >= 15 is 0 Å². The molecule has 0 bridgehead atoms. The minimum atomic E-state index is -1.05. The van der Waals surface area contributed by atoms with Crippen LogP contribution in [0, 0.1) is 11.3 Å². The van der Waals surface area contributed by atoms with E-state index in [0.29, 0.717) is 44.4 Å². The van der Waals surface area contributed by atoms with Gasteiger partial charge in [-0.3, -0.25) is 10.1 Å². The Labute approximate surface area is 210 Å². The summed E-state index contributed by atoms with van der Waals surface area (Å²) in [7, 11) is 0. The van der Waals surface area contributed by atoms with Crippen molar-refractivity contribution in [2.45, 2.75) is 19.3 Å². The molecule has 1 aromatic heterocycles. The fraction of sp³-hybridized carbons (Fsp3) is 0.192. The van der Waals surface area contributed by atoms with E-state index in [4.69, 9.17) is 19.8 Å². The third kappa shape index (κ3) is 5.79. The number of anilines is 1. The molecule has 0 saturated carbocycles. The predicted molar refractivity (Wildman–Crippen MR) is 134 cm³/mol. The maximum Gasteiger partial charge on any atom is 0.271 e. The summed E-state index contributed by atoms with van der Waals surface area (Å²) >= 11 is 1.24. The monoisotopic (exact) mass is 505 g/mol. The number of aliphatic hydroxyl groups is 3. The molecule has 1 heterocycles. The molecule has 0 radical (unpaired) electrons. The fourth-order valence-electron chi connectivity index (χ4n) is 3.50. The maximum atomic E-state index is 13.3. The average Bonchev–Trinajstić information content (AvgIpc) is 3.31. The van der Waals surface area contributed by atoms with Crippen LogP contribution in [0.2, 0.25) is 0 Å². The molecule has 1 unspecified atom stereocenters. The largest absolute Gasteiger partial charge is 0.491 e. The van der Waals surface area contributed by atoms with Crippen molar-refractivity contribution in [3.63, 3.8) is 0 Å². The molecule has 4 rings (SSSR count). The first-order valence-electron chi connectivity index (χ1n) is 11.0. The Bertz CT molecular complexity index is 1340. The molecule has 1 atom stereocenters. The van der Waals surface area contributed by atoms with Crippen LogP contribution in [0.5, 0.6) is 11.5 Å². The quantitative estimate of drug-likeness (QED) is 0.257. The first-order valence-corrected chi connectivity index (χ1v) is 11.8. The Morgan fingerprint density at radius 2 is 1.67 bits per heavy atom. The number of fused-ring (bicyclic) bond motifs is 1. The number of amides is 1. The van der Waals surface area contributed by atoms with Crippen molar-refractivity contribution in [1.29, 1.82) is 5.26 Å². The second kappa shape index (κ2) is 11.6. The predicted octanol–water partition coefficient (Wildman–Crippen LogP) is 3.28. The summed E-state index contributed by atoms with van der Waals surface area (Å²) in [6.45, 7) is -0.390. The van der Waals surface area contributed by atoms with Crippen LogP contribution in [0.3, 0.4) is 0 Å². The number of hydrogen-bond acceptors (Lipinski definition) is 9. The molecule has 1 amide bonds. The van der Waals surface area contributed by atoms with Crippen molar-refractivity contribution in [3.05, 3.63) is 82.9 Å². The number of thiazole rings is 1. The number of aliphatic hydroxyl groups excluding tert-OH is 3. The van der Waals surface area contributed by atoms with Crippen LogP contribution in [-0.2, 0) is 18.0 Å². The summed E-state index contributed by atoms with van der Waals surface area (Å²) in [4.78, 5) is 17.8. The number of aromatic nitrogens is 1. The fourth-order valence-corrected chi connectivity index (χ4v) is 4.41. The van der Waals surface area contributed by atoms with E-state index in [0.717, 1.165) is 4.70 Å². The summed E-state index contributed by atoms with van der Waals surface area (Å²) < 4.78 is 12.1. The molecule has 0 aliphatic rings. The lowest BCUT2D eigenvalue weighted by Gasteiger charge is -2.19. The molecule has 0 aliphatic heterocycles. The number of carbonyl (C=O) groups excluding carboxylic acids is 1. The summed E-state index contributed by atoms with van der Waals surface area (Å²) in [5, 5.41) is 40.2. The van der Waals surface area contributed by atoms with Gasteiger partial charge in [0.15, 0.2) is 5.13 Å². The lowest BCUT2D eigenvalue weighted by molar-refractivity contribution is -0.123. The third-order valence-electron chi connectivity index (χ3n) is 5.30. The Balaban J connectivity index is 1.59. The van der Waals surface area contributed by atoms with Crippen LogP contribution in [0.15, 0.2) is 60.7 Å². The van der Waals surface area contributed by atoms with Gasteiger partial charge in [0, 0.05) is 5.56 Å². The first-order chi connectivity index (χ1) is 17.5. The minimum Gasteiger partial charge on any atom is -0.491 e. The number of hydrogen-bond donors (Lipinski definition) is 4. The molecule has 0 saturated heterocycles.